The zero-order valence-corrected chi connectivity index (χ0v) is 12.0. The molecule has 0 aliphatic heterocycles. The summed E-state index contributed by atoms with van der Waals surface area (Å²) in [5, 5.41) is 5.17. The molecule has 0 unspecified atom stereocenters. The van der Waals surface area contributed by atoms with Crippen LogP contribution in [0.2, 0.25) is 0 Å². The molecule has 2 N–H and O–H groups in total. The number of nitrogens with one attached hydrogen (secondary N) is 2. The monoisotopic (exact) mass is 280 g/mol. The Morgan fingerprint density at radius 1 is 1.10 bits per heavy atom. The molecule has 110 valence electrons. The molecule has 1 aromatic carbocycles. The van der Waals surface area contributed by atoms with Crippen LogP contribution in [0.1, 0.15) is 12.5 Å². The minimum Gasteiger partial charge on any atom is -0.493 e. The number of ether oxygens (including phenoxy) is 2. The fraction of sp³-hybridized carbons (Fsp3) is 0.429. The van der Waals surface area contributed by atoms with Gasteiger partial charge in [-0.05, 0) is 24.1 Å². The van der Waals surface area contributed by atoms with Crippen LogP contribution in [0.25, 0.3) is 0 Å². The Hall–Kier alpha value is -2.24. The van der Waals surface area contributed by atoms with E-state index < -0.39 is 0 Å². The van der Waals surface area contributed by atoms with Crippen molar-refractivity contribution in [2.45, 2.75) is 13.3 Å². The fourth-order valence-corrected chi connectivity index (χ4v) is 1.65. The number of methoxy groups -OCH3 is 2. The molecular weight excluding hydrogens is 260 g/mol. The van der Waals surface area contributed by atoms with Crippen LogP contribution in [0.4, 0.5) is 0 Å². The maximum absolute atomic E-state index is 11.4. The van der Waals surface area contributed by atoms with E-state index in [1.807, 2.05) is 18.2 Å². The van der Waals surface area contributed by atoms with Crippen molar-refractivity contribution in [3.63, 3.8) is 0 Å². The number of amides is 2. The van der Waals surface area contributed by atoms with Crippen molar-refractivity contribution in [1.82, 2.24) is 10.6 Å². The van der Waals surface area contributed by atoms with Gasteiger partial charge in [-0.1, -0.05) is 6.07 Å². The van der Waals surface area contributed by atoms with Crippen molar-refractivity contribution in [3.05, 3.63) is 23.8 Å². The van der Waals surface area contributed by atoms with Crippen LogP contribution >= 0.6 is 0 Å². The van der Waals surface area contributed by atoms with Crippen molar-refractivity contribution in [3.8, 4) is 11.5 Å². The van der Waals surface area contributed by atoms with E-state index >= 15 is 0 Å². The summed E-state index contributed by atoms with van der Waals surface area (Å²) in [5.74, 6) is 0.904. The zero-order chi connectivity index (χ0) is 15.0. The molecule has 0 saturated heterocycles. The molecular formula is C14H20N2O4. The molecule has 0 aromatic heterocycles. The molecule has 20 heavy (non-hydrogen) atoms. The Balaban J connectivity index is 2.42. The summed E-state index contributed by atoms with van der Waals surface area (Å²) in [7, 11) is 3.16. The standard InChI is InChI=1S/C14H20N2O4/c1-10(17)16-9-14(18)15-7-6-11-4-5-12(19-2)13(8-11)20-3/h4-5,8H,6-7,9H2,1-3H3,(H,15,18)(H,16,17). The summed E-state index contributed by atoms with van der Waals surface area (Å²) >= 11 is 0. The Kier molecular flexibility index (Phi) is 6.36. The summed E-state index contributed by atoms with van der Waals surface area (Å²) in [6, 6.07) is 5.62. The molecule has 6 nitrogen and oxygen atoms in total. The largest absolute Gasteiger partial charge is 0.493 e. The molecule has 1 aromatic rings. The second kappa shape index (κ2) is 8.04. The lowest BCUT2D eigenvalue weighted by molar-refractivity contribution is -0.125. The van der Waals surface area contributed by atoms with Gasteiger partial charge in [-0.2, -0.15) is 0 Å². The van der Waals surface area contributed by atoms with Gasteiger partial charge >= 0.3 is 0 Å². The highest BCUT2D eigenvalue weighted by Gasteiger charge is 2.05. The van der Waals surface area contributed by atoms with Gasteiger partial charge in [0.2, 0.25) is 11.8 Å². The van der Waals surface area contributed by atoms with E-state index in [2.05, 4.69) is 10.6 Å². The summed E-state index contributed by atoms with van der Waals surface area (Å²) in [4.78, 5) is 22.0. The van der Waals surface area contributed by atoms with Gasteiger partial charge in [-0.15, -0.1) is 0 Å². The number of benzene rings is 1. The van der Waals surface area contributed by atoms with E-state index in [9.17, 15) is 9.59 Å². The van der Waals surface area contributed by atoms with Crippen molar-refractivity contribution >= 4 is 11.8 Å². The van der Waals surface area contributed by atoms with Crippen molar-refractivity contribution in [2.75, 3.05) is 27.3 Å². The third-order valence-electron chi connectivity index (χ3n) is 2.68. The van der Waals surface area contributed by atoms with Gasteiger partial charge in [0, 0.05) is 13.5 Å². The summed E-state index contributed by atoms with van der Waals surface area (Å²) in [5.41, 5.74) is 1.03. The van der Waals surface area contributed by atoms with Crippen LogP contribution in [0, 0.1) is 0 Å². The van der Waals surface area contributed by atoms with Crippen LogP contribution in [-0.2, 0) is 16.0 Å². The van der Waals surface area contributed by atoms with E-state index in [1.165, 1.54) is 6.92 Å². The average Bonchev–Trinajstić information content (AvgIpc) is 2.44. The molecule has 1 rings (SSSR count). The number of carbonyl (C=O) groups excluding carboxylic acids is 2. The summed E-state index contributed by atoms with van der Waals surface area (Å²) in [6.45, 7) is 1.87. The second-order valence-electron chi connectivity index (χ2n) is 4.20. The quantitative estimate of drug-likeness (QED) is 0.762. The van der Waals surface area contributed by atoms with E-state index in [0.717, 1.165) is 5.56 Å². The summed E-state index contributed by atoms with van der Waals surface area (Å²) < 4.78 is 10.4. The lowest BCUT2D eigenvalue weighted by atomic mass is 10.1. The van der Waals surface area contributed by atoms with E-state index in [-0.39, 0.29) is 18.4 Å². The first-order valence-electron chi connectivity index (χ1n) is 6.29. The first kappa shape index (κ1) is 15.8. The molecule has 0 aliphatic rings. The van der Waals surface area contributed by atoms with Crippen molar-refractivity contribution in [1.29, 1.82) is 0 Å². The van der Waals surface area contributed by atoms with Crippen molar-refractivity contribution < 1.29 is 19.1 Å². The normalized spacial score (nSPS) is 9.75. The van der Waals surface area contributed by atoms with E-state index in [0.29, 0.717) is 24.5 Å². The molecule has 0 saturated carbocycles. The molecule has 2 amide bonds. The number of hydrogen-bond donors (Lipinski definition) is 2. The molecule has 0 bridgehead atoms. The Morgan fingerprint density at radius 3 is 2.40 bits per heavy atom. The second-order valence-corrected chi connectivity index (χ2v) is 4.20. The van der Waals surface area contributed by atoms with Gasteiger partial charge in [0.25, 0.3) is 0 Å². The maximum atomic E-state index is 11.4. The highest BCUT2D eigenvalue weighted by molar-refractivity contribution is 5.83. The highest BCUT2D eigenvalue weighted by Crippen LogP contribution is 2.27. The van der Waals surface area contributed by atoms with Gasteiger partial charge in [-0.3, -0.25) is 9.59 Å². The van der Waals surface area contributed by atoms with Crippen LogP contribution in [-0.4, -0.2) is 39.1 Å². The zero-order valence-electron chi connectivity index (χ0n) is 12.0. The molecule has 0 fully saturated rings. The smallest absolute Gasteiger partial charge is 0.239 e. The third-order valence-corrected chi connectivity index (χ3v) is 2.68. The van der Waals surface area contributed by atoms with Gasteiger partial charge in [-0.25, -0.2) is 0 Å². The molecule has 0 radical (unpaired) electrons. The molecule has 0 aliphatic carbocycles. The minimum atomic E-state index is -0.222. The first-order chi connectivity index (χ1) is 9.56. The maximum Gasteiger partial charge on any atom is 0.239 e. The lowest BCUT2D eigenvalue weighted by Crippen LogP contribution is -2.36. The Morgan fingerprint density at radius 2 is 1.80 bits per heavy atom. The number of hydrogen-bond acceptors (Lipinski definition) is 4. The van der Waals surface area contributed by atoms with E-state index in [1.54, 1.807) is 14.2 Å². The predicted octanol–water partition coefficient (Wildman–Crippen LogP) is 0.499. The Labute approximate surface area is 118 Å². The van der Waals surface area contributed by atoms with Gasteiger partial charge in [0.05, 0.1) is 20.8 Å². The SMILES string of the molecule is COc1ccc(CCNC(=O)CNC(C)=O)cc1OC. The molecule has 0 spiro atoms. The van der Waals surface area contributed by atoms with Crippen LogP contribution in [0.15, 0.2) is 18.2 Å². The van der Waals surface area contributed by atoms with Crippen LogP contribution in [0.5, 0.6) is 11.5 Å². The van der Waals surface area contributed by atoms with Crippen molar-refractivity contribution in [2.24, 2.45) is 0 Å². The summed E-state index contributed by atoms with van der Waals surface area (Å²) in [6.07, 6.45) is 0.673. The average molecular weight is 280 g/mol. The molecule has 0 atom stereocenters. The van der Waals surface area contributed by atoms with Crippen LogP contribution < -0.4 is 20.1 Å². The first-order valence-corrected chi connectivity index (χ1v) is 6.29. The predicted molar refractivity (Wildman–Crippen MR) is 74.9 cm³/mol. The molecule has 0 heterocycles. The highest BCUT2D eigenvalue weighted by atomic mass is 16.5. The topological polar surface area (TPSA) is 76.7 Å². The van der Waals surface area contributed by atoms with E-state index in [4.69, 9.17) is 9.47 Å². The van der Waals surface area contributed by atoms with Gasteiger partial charge in [0.1, 0.15) is 0 Å². The Bertz CT molecular complexity index is 474. The van der Waals surface area contributed by atoms with Gasteiger partial charge in [0.15, 0.2) is 11.5 Å². The van der Waals surface area contributed by atoms with Crippen LogP contribution in [0.3, 0.4) is 0 Å². The lowest BCUT2D eigenvalue weighted by Gasteiger charge is -2.10. The number of carbonyl (C=O) groups is 2. The van der Waals surface area contributed by atoms with Gasteiger partial charge < -0.3 is 20.1 Å². The number of rotatable bonds is 7. The minimum absolute atomic E-state index is 0.00126. The molecule has 6 heteroatoms. The third kappa shape index (κ3) is 5.17. The fourth-order valence-electron chi connectivity index (χ4n) is 1.65.